The molecule has 94 valence electrons. The molecule has 0 saturated heterocycles. The summed E-state index contributed by atoms with van der Waals surface area (Å²) in [6, 6.07) is 7.27. The standard InChI is InChI=1S/C11H12N4OS2/c12-8-2-1-5-14-11(8)17-6-7-3-4-9(18-7)10(16)15-13/h1-5H,6,12-13H2,(H,15,16). The molecule has 0 saturated carbocycles. The minimum atomic E-state index is -0.270. The highest BCUT2D eigenvalue weighted by molar-refractivity contribution is 7.98. The lowest BCUT2D eigenvalue weighted by molar-refractivity contribution is 0.0957. The summed E-state index contributed by atoms with van der Waals surface area (Å²) in [5.74, 6) is 5.53. The molecule has 2 aromatic rings. The third kappa shape index (κ3) is 3.00. The molecule has 0 aliphatic rings. The number of thioether (sulfide) groups is 1. The molecule has 0 radical (unpaired) electrons. The second-order valence-electron chi connectivity index (χ2n) is 3.43. The Morgan fingerprint density at radius 1 is 1.44 bits per heavy atom. The molecule has 0 aliphatic carbocycles. The number of nitrogen functional groups attached to an aromatic ring is 2. The first-order valence-corrected chi connectivity index (χ1v) is 6.94. The number of thiophene rings is 1. The summed E-state index contributed by atoms with van der Waals surface area (Å²) in [5, 5.41) is 0.802. The molecule has 5 N–H and O–H groups in total. The fraction of sp³-hybridized carbons (Fsp3) is 0.0909. The first kappa shape index (κ1) is 12.9. The predicted octanol–water partition coefficient (Wildman–Crippen LogP) is 1.62. The Morgan fingerprint density at radius 2 is 2.28 bits per heavy atom. The molecule has 2 heterocycles. The maximum atomic E-state index is 11.3. The second-order valence-corrected chi connectivity index (χ2v) is 5.56. The van der Waals surface area contributed by atoms with Crippen molar-refractivity contribution < 1.29 is 4.79 Å². The van der Waals surface area contributed by atoms with Crippen LogP contribution >= 0.6 is 23.1 Å². The number of rotatable bonds is 4. The van der Waals surface area contributed by atoms with Crippen molar-refractivity contribution >= 4 is 34.7 Å². The summed E-state index contributed by atoms with van der Waals surface area (Å²) in [6.07, 6.45) is 1.71. The summed E-state index contributed by atoms with van der Waals surface area (Å²) < 4.78 is 0. The van der Waals surface area contributed by atoms with Crippen LogP contribution in [0.3, 0.4) is 0 Å². The number of pyridine rings is 1. The minimum Gasteiger partial charge on any atom is -0.397 e. The van der Waals surface area contributed by atoms with Gasteiger partial charge in [-0.25, -0.2) is 10.8 Å². The maximum Gasteiger partial charge on any atom is 0.275 e. The molecule has 5 nitrogen and oxygen atoms in total. The Hall–Kier alpha value is -1.57. The second kappa shape index (κ2) is 5.85. The number of carbonyl (C=O) groups excluding carboxylic acids is 1. The highest BCUT2D eigenvalue weighted by atomic mass is 32.2. The third-order valence-corrected chi connectivity index (χ3v) is 4.50. The van der Waals surface area contributed by atoms with Crippen molar-refractivity contribution in [3.8, 4) is 0 Å². The fourth-order valence-corrected chi connectivity index (χ4v) is 3.18. The van der Waals surface area contributed by atoms with Crippen LogP contribution in [0.4, 0.5) is 5.69 Å². The average molecular weight is 280 g/mol. The quantitative estimate of drug-likeness (QED) is 0.342. The Balaban J connectivity index is 2.01. The van der Waals surface area contributed by atoms with Gasteiger partial charge in [-0.2, -0.15) is 0 Å². The monoisotopic (exact) mass is 280 g/mol. The zero-order valence-electron chi connectivity index (χ0n) is 9.42. The number of aromatic nitrogens is 1. The summed E-state index contributed by atoms with van der Waals surface area (Å²) in [4.78, 5) is 17.2. The third-order valence-electron chi connectivity index (χ3n) is 2.17. The van der Waals surface area contributed by atoms with E-state index in [1.54, 1.807) is 30.1 Å². The van der Waals surface area contributed by atoms with Crippen molar-refractivity contribution in [2.24, 2.45) is 5.84 Å². The van der Waals surface area contributed by atoms with Gasteiger partial charge in [0, 0.05) is 16.8 Å². The van der Waals surface area contributed by atoms with Crippen LogP contribution in [0.5, 0.6) is 0 Å². The highest BCUT2D eigenvalue weighted by Crippen LogP contribution is 2.28. The van der Waals surface area contributed by atoms with Gasteiger partial charge in [0.25, 0.3) is 5.91 Å². The molecule has 2 rings (SSSR count). The van der Waals surface area contributed by atoms with E-state index in [0.29, 0.717) is 10.6 Å². The number of nitrogens with two attached hydrogens (primary N) is 2. The van der Waals surface area contributed by atoms with Crippen LogP contribution < -0.4 is 17.0 Å². The van der Waals surface area contributed by atoms with Crippen LogP contribution in [0.2, 0.25) is 0 Å². The van der Waals surface area contributed by atoms with Gasteiger partial charge in [-0.05, 0) is 24.3 Å². The van der Waals surface area contributed by atoms with E-state index in [1.807, 2.05) is 12.1 Å². The molecule has 7 heteroatoms. The normalized spacial score (nSPS) is 10.3. The minimum absolute atomic E-state index is 0.270. The van der Waals surface area contributed by atoms with Crippen molar-refractivity contribution in [3.05, 3.63) is 40.2 Å². The molecule has 0 fully saturated rings. The number of nitrogens with zero attached hydrogens (tertiary/aromatic N) is 1. The molecule has 18 heavy (non-hydrogen) atoms. The Kier molecular flexibility index (Phi) is 4.19. The molecule has 2 aromatic heterocycles. The van der Waals surface area contributed by atoms with Crippen molar-refractivity contribution in [1.29, 1.82) is 0 Å². The molecule has 0 spiro atoms. The van der Waals surface area contributed by atoms with Gasteiger partial charge in [-0.15, -0.1) is 11.3 Å². The summed E-state index contributed by atoms with van der Waals surface area (Å²) in [6.45, 7) is 0. The Bertz CT molecular complexity index is 555. The lowest BCUT2D eigenvalue weighted by atomic mass is 10.4. The van der Waals surface area contributed by atoms with Gasteiger partial charge in [-0.1, -0.05) is 11.8 Å². The van der Waals surface area contributed by atoms with Gasteiger partial charge < -0.3 is 5.73 Å². The van der Waals surface area contributed by atoms with Crippen molar-refractivity contribution in [1.82, 2.24) is 10.4 Å². The van der Waals surface area contributed by atoms with Crippen LogP contribution in [-0.2, 0) is 5.75 Å². The number of anilines is 1. The largest absolute Gasteiger partial charge is 0.397 e. The van der Waals surface area contributed by atoms with Gasteiger partial charge in [0.05, 0.1) is 10.6 Å². The van der Waals surface area contributed by atoms with E-state index in [-0.39, 0.29) is 5.91 Å². The van der Waals surface area contributed by atoms with Crippen molar-refractivity contribution in [2.45, 2.75) is 10.8 Å². The number of hydrogen-bond donors (Lipinski definition) is 3. The SMILES string of the molecule is NNC(=O)c1ccc(CSc2ncccc2N)s1. The zero-order valence-corrected chi connectivity index (χ0v) is 11.1. The van der Waals surface area contributed by atoms with Gasteiger partial charge >= 0.3 is 0 Å². The molecule has 0 aliphatic heterocycles. The fourth-order valence-electron chi connectivity index (χ4n) is 1.31. The van der Waals surface area contributed by atoms with Gasteiger partial charge in [0.2, 0.25) is 0 Å². The number of carbonyl (C=O) groups is 1. The first-order valence-electron chi connectivity index (χ1n) is 5.13. The predicted molar refractivity (Wildman–Crippen MR) is 74.2 cm³/mol. The van der Waals surface area contributed by atoms with E-state index in [4.69, 9.17) is 11.6 Å². The van der Waals surface area contributed by atoms with E-state index in [9.17, 15) is 4.79 Å². The topological polar surface area (TPSA) is 94.0 Å². The van der Waals surface area contributed by atoms with Crippen LogP contribution in [0.15, 0.2) is 35.5 Å². The highest BCUT2D eigenvalue weighted by Gasteiger charge is 2.08. The number of hydrogen-bond acceptors (Lipinski definition) is 6. The van der Waals surface area contributed by atoms with E-state index >= 15 is 0 Å². The molecular weight excluding hydrogens is 268 g/mol. The van der Waals surface area contributed by atoms with Gasteiger partial charge in [-0.3, -0.25) is 10.2 Å². The summed E-state index contributed by atoms with van der Waals surface area (Å²) in [5.41, 5.74) is 8.57. The zero-order chi connectivity index (χ0) is 13.0. The van der Waals surface area contributed by atoms with Crippen LogP contribution in [0, 0.1) is 0 Å². The lowest BCUT2D eigenvalue weighted by Gasteiger charge is -2.01. The van der Waals surface area contributed by atoms with E-state index in [2.05, 4.69) is 10.4 Å². The van der Waals surface area contributed by atoms with Crippen LogP contribution in [0.1, 0.15) is 14.5 Å². The molecule has 0 bridgehead atoms. The molecule has 0 aromatic carbocycles. The number of nitrogens with one attached hydrogen (secondary N) is 1. The smallest absolute Gasteiger partial charge is 0.275 e. The molecule has 1 amide bonds. The van der Waals surface area contributed by atoms with E-state index in [0.717, 1.165) is 15.7 Å². The molecular formula is C11H12N4OS2. The average Bonchev–Trinajstić information content (AvgIpc) is 2.86. The first-order chi connectivity index (χ1) is 8.70. The summed E-state index contributed by atoms with van der Waals surface area (Å²) >= 11 is 2.95. The number of hydrazine groups is 1. The van der Waals surface area contributed by atoms with Gasteiger partial charge in [0.1, 0.15) is 5.03 Å². The van der Waals surface area contributed by atoms with Crippen LogP contribution in [0.25, 0.3) is 0 Å². The van der Waals surface area contributed by atoms with E-state index in [1.165, 1.54) is 11.3 Å². The van der Waals surface area contributed by atoms with Crippen molar-refractivity contribution in [3.63, 3.8) is 0 Å². The van der Waals surface area contributed by atoms with Crippen LogP contribution in [-0.4, -0.2) is 10.9 Å². The summed E-state index contributed by atoms with van der Waals surface area (Å²) in [7, 11) is 0. The molecule has 0 atom stereocenters. The van der Waals surface area contributed by atoms with E-state index < -0.39 is 0 Å². The maximum absolute atomic E-state index is 11.3. The molecule has 0 unspecified atom stereocenters. The Morgan fingerprint density at radius 3 is 3.00 bits per heavy atom. The van der Waals surface area contributed by atoms with Crippen molar-refractivity contribution in [2.75, 3.05) is 5.73 Å². The number of amides is 1. The Labute approximate surface area is 113 Å². The van der Waals surface area contributed by atoms with Gasteiger partial charge in [0.15, 0.2) is 0 Å². The lowest BCUT2D eigenvalue weighted by Crippen LogP contribution is -2.29.